The molecule has 1 aromatic carbocycles. The van der Waals surface area contributed by atoms with Gasteiger partial charge < -0.3 is 20.3 Å². The second-order valence-electron chi connectivity index (χ2n) is 6.36. The highest BCUT2D eigenvalue weighted by Gasteiger charge is 2.23. The normalized spacial score (nSPS) is 14.8. The lowest BCUT2D eigenvalue weighted by molar-refractivity contribution is 0.0983. The highest BCUT2D eigenvalue weighted by molar-refractivity contribution is 5.67. The quantitative estimate of drug-likeness (QED) is 0.854. The van der Waals surface area contributed by atoms with Crippen LogP contribution in [-0.2, 0) is 4.74 Å². The van der Waals surface area contributed by atoms with Crippen molar-refractivity contribution >= 4 is 23.5 Å². The average Bonchev–Trinajstić information content (AvgIpc) is 2.63. The highest BCUT2D eigenvalue weighted by atomic mass is 16.6. The molecule has 1 fully saturated rings. The van der Waals surface area contributed by atoms with Crippen LogP contribution in [0.2, 0.25) is 0 Å². The van der Waals surface area contributed by atoms with E-state index in [2.05, 4.69) is 39.7 Å². The van der Waals surface area contributed by atoms with E-state index in [4.69, 9.17) is 4.74 Å². The Morgan fingerprint density at radius 3 is 2.85 bits per heavy atom. The van der Waals surface area contributed by atoms with Gasteiger partial charge in [0.2, 0.25) is 5.95 Å². The van der Waals surface area contributed by atoms with Crippen molar-refractivity contribution in [2.75, 3.05) is 30.3 Å². The summed E-state index contributed by atoms with van der Waals surface area (Å²) in [4.78, 5) is 22.3. The zero-order valence-corrected chi connectivity index (χ0v) is 15.2. The number of hydrogen-bond acceptors (Lipinski definition) is 6. The number of piperidine rings is 1. The SMILES string of the molecule is CCOC(=O)N1CCC(Nc2nccc(Nc3cccc(C)c3)n2)CC1. The van der Waals surface area contributed by atoms with Gasteiger partial charge in [0, 0.05) is 31.0 Å². The minimum absolute atomic E-state index is 0.230. The Kier molecular flexibility index (Phi) is 5.88. The van der Waals surface area contributed by atoms with Crippen LogP contribution >= 0.6 is 0 Å². The lowest BCUT2D eigenvalue weighted by Gasteiger charge is -2.31. The predicted molar refractivity (Wildman–Crippen MR) is 102 cm³/mol. The lowest BCUT2D eigenvalue weighted by atomic mass is 10.1. The summed E-state index contributed by atoms with van der Waals surface area (Å²) in [7, 11) is 0. The van der Waals surface area contributed by atoms with E-state index in [1.807, 2.05) is 25.1 Å². The second kappa shape index (κ2) is 8.51. The number of ether oxygens (including phenoxy) is 1. The van der Waals surface area contributed by atoms with Crippen molar-refractivity contribution in [3.63, 3.8) is 0 Å². The molecule has 0 aliphatic carbocycles. The summed E-state index contributed by atoms with van der Waals surface area (Å²) >= 11 is 0. The lowest BCUT2D eigenvalue weighted by Crippen LogP contribution is -2.42. The van der Waals surface area contributed by atoms with E-state index >= 15 is 0 Å². The number of amides is 1. The Morgan fingerprint density at radius 2 is 2.12 bits per heavy atom. The topological polar surface area (TPSA) is 79.4 Å². The van der Waals surface area contributed by atoms with Crippen LogP contribution in [0, 0.1) is 6.92 Å². The molecule has 26 heavy (non-hydrogen) atoms. The smallest absolute Gasteiger partial charge is 0.409 e. The fraction of sp³-hybridized carbons (Fsp3) is 0.421. The maximum atomic E-state index is 11.8. The van der Waals surface area contributed by atoms with Gasteiger partial charge in [-0.05, 0) is 50.5 Å². The summed E-state index contributed by atoms with van der Waals surface area (Å²) in [5.74, 6) is 1.34. The molecule has 2 N–H and O–H groups in total. The van der Waals surface area contributed by atoms with Crippen molar-refractivity contribution in [3.05, 3.63) is 42.1 Å². The van der Waals surface area contributed by atoms with Crippen LogP contribution in [0.15, 0.2) is 36.5 Å². The molecule has 2 heterocycles. The van der Waals surface area contributed by atoms with E-state index in [1.165, 1.54) is 5.56 Å². The monoisotopic (exact) mass is 355 g/mol. The first-order chi connectivity index (χ1) is 12.6. The van der Waals surface area contributed by atoms with Gasteiger partial charge in [-0.25, -0.2) is 9.78 Å². The fourth-order valence-corrected chi connectivity index (χ4v) is 2.97. The van der Waals surface area contributed by atoms with Crippen LogP contribution in [0.3, 0.4) is 0 Å². The number of hydrogen-bond donors (Lipinski definition) is 2. The number of likely N-dealkylation sites (tertiary alicyclic amines) is 1. The maximum Gasteiger partial charge on any atom is 0.409 e. The van der Waals surface area contributed by atoms with E-state index in [0.29, 0.717) is 25.6 Å². The molecule has 2 aromatic rings. The van der Waals surface area contributed by atoms with Gasteiger partial charge in [0.15, 0.2) is 0 Å². The van der Waals surface area contributed by atoms with Gasteiger partial charge in [-0.1, -0.05) is 12.1 Å². The van der Waals surface area contributed by atoms with Crippen molar-refractivity contribution in [2.24, 2.45) is 0 Å². The third-order valence-corrected chi connectivity index (χ3v) is 4.30. The number of carbonyl (C=O) groups excluding carboxylic acids is 1. The first-order valence-corrected chi connectivity index (χ1v) is 8.99. The Labute approximate surface area is 153 Å². The van der Waals surface area contributed by atoms with Gasteiger partial charge in [-0.3, -0.25) is 0 Å². The molecule has 0 bridgehead atoms. The number of anilines is 3. The van der Waals surface area contributed by atoms with Gasteiger partial charge in [0.05, 0.1) is 6.61 Å². The number of nitrogens with one attached hydrogen (secondary N) is 2. The molecular formula is C19H25N5O2. The summed E-state index contributed by atoms with van der Waals surface area (Å²) in [5, 5.41) is 6.67. The zero-order chi connectivity index (χ0) is 18.4. The van der Waals surface area contributed by atoms with E-state index in [9.17, 15) is 4.79 Å². The molecule has 3 rings (SSSR count). The Bertz CT molecular complexity index is 744. The molecule has 0 unspecified atom stereocenters. The van der Waals surface area contributed by atoms with Crippen molar-refractivity contribution in [1.29, 1.82) is 0 Å². The van der Waals surface area contributed by atoms with Gasteiger partial charge in [0.25, 0.3) is 0 Å². The first kappa shape index (κ1) is 18.0. The maximum absolute atomic E-state index is 11.8. The molecule has 0 atom stereocenters. The second-order valence-corrected chi connectivity index (χ2v) is 6.36. The minimum Gasteiger partial charge on any atom is -0.450 e. The number of aromatic nitrogens is 2. The molecule has 1 amide bonds. The van der Waals surface area contributed by atoms with E-state index in [0.717, 1.165) is 24.3 Å². The standard InChI is InChI=1S/C19H25N5O2/c1-3-26-19(25)24-11-8-15(9-12-24)22-18-20-10-7-17(23-18)21-16-6-4-5-14(2)13-16/h4-7,10,13,15H,3,8-9,11-12H2,1-2H3,(H2,20,21,22,23). The number of nitrogens with zero attached hydrogens (tertiary/aromatic N) is 3. The molecule has 0 saturated carbocycles. The van der Waals surface area contributed by atoms with Crippen LogP contribution in [0.1, 0.15) is 25.3 Å². The molecular weight excluding hydrogens is 330 g/mol. The van der Waals surface area contributed by atoms with Crippen LogP contribution in [0.4, 0.5) is 22.2 Å². The third-order valence-electron chi connectivity index (χ3n) is 4.30. The molecule has 0 radical (unpaired) electrons. The molecule has 1 saturated heterocycles. The van der Waals surface area contributed by atoms with E-state index < -0.39 is 0 Å². The Morgan fingerprint density at radius 1 is 1.31 bits per heavy atom. The van der Waals surface area contributed by atoms with Crippen molar-refractivity contribution in [2.45, 2.75) is 32.7 Å². The van der Waals surface area contributed by atoms with E-state index in [-0.39, 0.29) is 12.1 Å². The fourth-order valence-electron chi connectivity index (χ4n) is 2.97. The minimum atomic E-state index is -0.230. The molecule has 7 heteroatoms. The molecule has 7 nitrogen and oxygen atoms in total. The van der Waals surface area contributed by atoms with Crippen molar-refractivity contribution < 1.29 is 9.53 Å². The summed E-state index contributed by atoms with van der Waals surface area (Å²) in [6, 6.07) is 10.2. The predicted octanol–water partition coefficient (Wildman–Crippen LogP) is 3.56. The Balaban J connectivity index is 1.55. The highest BCUT2D eigenvalue weighted by Crippen LogP contribution is 2.18. The zero-order valence-electron chi connectivity index (χ0n) is 15.2. The van der Waals surface area contributed by atoms with Crippen molar-refractivity contribution in [1.82, 2.24) is 14.9 Å². The van der Waals surface area contributed by atoms with Gasteiger partial charge in [-0.15, -0.1) is 0 Å². The van der Waals surface area contributed by atoms with Crippen LogP contribution in [0.5, 0.6) is 0 Å². The summed E-state index contributed by atoms with van der Waals surface area (Å²) in [6.07, 6.45) is 3.20. The number of carbonyl (C=O) groups is 1. The molecule has 0 spiro atoms. The number of benzene rings is 1. The van der Waals surface area contributed by atoms with E-state index in [1.54, 1.807) is 11.1 Å². The van der Waals surface area contributed by atoms with Gasteiger partial charge >= 0.3 is 6.09 Å². The van der Waals surface area contributed by atoms with Gasteiger partial charge in [0.1, 0.15) is 5.82 Å². The van der Waals surface area contributed by atoms with Crippen LogP contribution in [-0.4, -0.2) is 46.7 Å². The summed E-state index contributed by atoms with van der Waals surface area (Å²) < 4.78 is 5.05. The summed E-state index contributed by atoms with van der Waals surface area (Å²) in [6.45, 7) is 5.64. The average molecular weight is 355 g/mol. The number of rotatable bonds is 5. The van der Waals surface area contributed by atoms with Crippen molar-refractivity contribution in [3.8, 4) is 0 Å². The third kappa shape index (κ3) is 4.84. The summed E-state index contributed by atoms with van der Waals surface area (Å²) in [5.41, 5.74) is 2.19. The van der Waals surface area contributed by atoms with Crippen LogP contribution in [0.25, 0.3) is 0 Å². The molecule has 138 valence electrons. The van der Waals surface area contributed by atoms with Gasteiger partial charge in [-0.2, -0.15) is 4.98 Å². The first-order valence-electron chi connectivity index (χ1n) is 8.99. The molecule has 1 aliphatic rings. The van der Waals surface area contributed by atoms with Crippen LogP contribution < -0.4 is 10.6 Å². The Hall–Kier alpha value is -2.83. The molecule has 1 aromatic heterocycles. The largest absolute Gasteiger partial charge is 0.450 e. The molecule has 1 aliphatic heterocycles. The number of aryl methyl sites for hydroxylation is 1.